The minimum absolute atomic E-state index is 0.132. The van der Waals surface area contributed by atoms with Crippen LogP contribution in [0.25, 0.3) is 11.5 Å². The molecule has 11 heteroatoms. The topological polar surface area (TPSA) is 103 Å². The van der Waals surface area contributed by atoms with Crippen LogP contribution in [0.1, 0.15) is 18.7 Å². The molecule has 2 aromatic heterocycles. The predicted molar refractivity (Wildman–Crippen MR) is 110 cm³/mol. The van der Waals surface area contributed by atoms with Crippen molar-refractivity contribution in [3.63, 3.8) is 0 Å². The second-order valence-electron chi connectivity index (χ2n) is 6.73. The fourth-order valence-corrected chi connectivity index (χ4v) is 5.88. The van der Waals surface area contributed by atoms with Crippen molar-refractivity contribution in [3.8, 4) is 11.5 Å². The Morgan fingerprint density at radius 2 is 1.93 bits per heavy atom. The fourth-order valence-electron chi connectivity index (χ4n) is 3.14. The number of hydrogen-bond donors (Lipinski definition) is 0. The smallest absolute Gasteiger partial charge is 0.309 e. The number of esters is 1. The van der Waals surface area contributed by atoms with Crippen molar-refractivity contribution in [2.45, 2.75) is 23.7 Å². The molecule has 0 bridgehead atoms. The number of piperidine rings is 1. The zero-order chi connectivity index (χ0) is 21.1. The van der Waals surface area contributed by atoms with Crippen molar-refractivity contribution >= 4 is 38.9 Å². The Morgan fingerprint density at radius 1 is 1.20 bits per heavy atom. The van der Waals surface area contributed by atoms with E-state index in [0.717, 1.165) is 0 Å². The molecule has 1 aromatic carbocycles. The molecule has 0 N–H and O–H groups in total. The summed E-state index contributed by atoms with van der Waals surface area (Å²) in [5.41, 5.74) is 0.712. The lowest BCUT2D eigenvalue weighted by atomic mass is 9.98. The summed E-state index contributed by atoms with van der Waals surface area (Å²) in [6.07, 6.45) is 0.812. The third kappa shape index (κ3) is 4.56. The summed E-state index contributed by atoms with van der Waals surface area (Å²) in [6.45, 7) is 0.426. The summed E-state index contributed by atoms with van der Waals surface area (Å²) in [7, 11) is -3.49. The van der Waals surface area contributed by atoms with E-state index in [1.165, 1.54) is 15.6 Å². The van der Waals surface area contributed by atoms with E-state index in [2.05, 4.69) is 10.2 Å². The summed E-state index contributed by atoms with van der Waals surface area (Å²) in [6, 6.07) is 10.2. The van der Waals surface area contributed by atoms with E-state index in [9.17, 15) is 13.2 Å². The highest BCUT2D eigenvalue weighted by atomic mass is 35.5. The lowest BCUT2D eigenvalue weighted by Crippen LogP contribution is -2.40. The van der Waals surface area contributed by atoms with Gasteiger partial charge in [-0.05, 0) is 48.6 Å². The van der Waals surface area contributed by atoms with Gasteiger partial charge in [0.05, 0.1) is 5.92 Å². The first-order chi connectivity index (χ1) is 14.4. The van der Waals surface area contributed by atoms with E-state index >= 15 is 0 Å². The highest BCUT2D eigenvalue weighted by Crippen LogP contribution is 2.27. The van der Waals surface area contributed by atoms with E-state index in [1.54, 1.807) is 41.8 Å². The molecule has 3 aromatic rings. The molecule has 4 rings (SSSR count). The number of sulfonamides is 1. The van der Waals surface area contributed by atoms with Gasteiger partial charge in [-0.15, -0.1) is 21.5 Å². The highest BCUT2D eigenvalue weighted by molar-refractivity contribution is 7.91. The molecule has 158 valence electrons. The highest BCUT2D eigenvalue weighted by Gasteiger charge is 2.33. The van der Waals surface area contributed by atoms with E-state index in [-0.39, 0.29) is 31.5 Å². The van der Waals surface area contributed by atoms with Gasteiger partial charge in [-0.1, -0.05) is 17.7 Å². The molecule has 0 atom stereocenters. The van der Waals surface area contributed by atoms with Crippen molar-refractivity contribution < 1.29 is 22.4 Å². The number of benzene rings is 1. The molecule has 1 saturated heterocycles. The van der Waals surface area contributed by atoms with Gasteiger partial charge in [-0.2, -0.15) is 4.31 Å². The average Bonchev–Trinajstić information content (AvgIpc) is 3.45. The quantitative estimate of drug-likeness (QED) is 0.510. The number of carbonyl (C=O) groups is 1. The van der Waals surface area contributed by atoms with Crippen LogP contribution in [0.2, 0.25) is 5.02 Å². The first-order valence-electron chi connectivity index (χ1n) is 9.22. The van der Waals surface area contributed by atoms with E-state index in [1.807, 2.05) is 0 Å². The second-order valence-corrected chi connectivity index (χ2v) is 10.3. The third-order valence-electron chi connectivity index (χ3n) is 4.77. The van der Waals surface area contributed by atoms with Gasteiger partial charge < -0.3 is 9.15 Å². The van der Waals surface area contributed by atoms with Crippen LogP contribution in [-0.4, -0.2) is 42.0 Å². The normalized spacial score (nSPS) is 15.9. The average molecular weight is 468 g/mol. The van der Waals surface area contributed by atoms with Gasteiger partial charge in [0, 0.05) is 23.7 Å². The number of carbonyl (C=O) groups excluding carboxylic acids is 1. The van der Waals surface area contributed by atoms with Crippen molar-refractivity contribution in [3.05, 3.63) is 52.7 Å². The maximum atomic E-state index is 12.6. The summed E-state index contributed by atoms with van der Waals surface area (Å²) in [5.74, 6) is -0.260. The number of thiophene rings is 1. The van der Waals surface area contributed by atoms with Gasteiger partial charge in [0.1, 0.15) is 4.21 Å². The Balaban J connectivity index is 1.29. The summed E-state index contributed by atoms with van der Waals surface area (Å²) in [5, 5.41) is 10.2. The second kappa shape index (κ2) is 8.84. The molecule has 30 heavy (non-hydrogen) atoms. The molecule has 0 saturated carbocycles. The number of rotatable bonds is 6. The standard InChI is InChI=1S/C19H18ClN3O5S2/c20-15-5-3-13(4-6-15)18-22-21-16(28-18)12-27-19(24)14-7-9-23(10-8-14)30(25,26)17-2-1-11-29-17/h1-6,11,14H,7-10,12H2. The number of hydrogen-bond acceptors (Lipinski definition) is 8. The van der Waals surface area contributed by atoms with E-state index < -0.39 is 16.0 Å². The van der Waals surface area contributed by atoms with Crippen LogP contribution in [0.3, 0.4) is 0 Å². The molecule has 1 aliphatic rings. The molecule has 3 heterocycles. The Kier molecular flexibility index (Phi) is 6.19. The van der Waals surface area contributed by atoms with Crippen LogP contribution in [0.5, 0.6) is 0 Å². The van der Waals surface area contributed by atoms with E-state index in [4.69, 9.17) is 20.8 Å². The van der Waals surface area contributed by atoms with Crippen LogP contribution < -0.4 is 0 Å². The molecule has 0 amide bonds. The monoisotopic (exact) mass is 467 g/mol. The molecular formula is C19H18ClN3O5S2. The molecule has 1 fully saturated rings. The summed E-state index contributed by atoms with van der Waals surface area (Å²) in [4.78, 5) is 12.4. The van der Waals surface area contributed by atoms with Crippen molar-refractivity contribution in [1.82, 2.24) is 14.5 Å². The third-order valence-corrected chi connectivity index (χ3v) is 8.30. The lowest BCUT2D eigenvalue weighted by Gasteiger charge is -2.29. The van der Waals surface area contributed by atoms with Gasteiger partial charge in [0.2, 0.25) is 5.89 Å². The first-order valence-corrected chi connectivity index (χ1v) is 11.9. The van der Waals surface area contributed by atoms with Gasteiger partial charge in [-0.25, -0.2) is 8.42 Å². The number of ether oxygens (including phenoxy) is 1. The van der Waals surface area contributed by atoms with Crippen LogP contribution in [-0.2, 0) is 26.2 Å². The Labute approximate surface area is 182 Å². The Hall–Kier alpha value is -2.27. The van der Waals surface area contributed by atoms with Crippen LogP contribution >= 0.6 is 22.9 Å². The lowest BCUT2D eigenvalue weighted by molar-refractivity contribution is -0.151. The fraction of sp³-hybridized carbons (Fsp3) is 0.316. The zero-order valence-corrected chi connectivity index (χ0v) is 18.1. The van der Waals surface area contributed by atoms with E-state index in [0.29, 0.717) is 33.5 Å². The van der Waals surface area contributed by atoms with Crippen molar-refractivity contribution in [2.75, 3.05) is 13.1 Å². The van der Waals surface area contributed by atoms with Gasteiger partial charge in [-0.3, -0.25) is 4.79 Å². The van der Waals surface area contributed by atoms with Crippen LogP contribution in [0.15, 0.2) is 50.4 Å². The summed E-state index contributed by atoms with van der Waals surface area (Å²) < 4.78 is 37.7. The largest absolute Gasteiger partial charge is 0.455 e. The number of aromatic nitrogens is 2. The maximum Gasteiger partial charge on any atom is 0.309 e. The predicted octanol–water partition coefficient (Wildman–Crippen LogP) is 3.60. The molecule has 0 aliphatic carbocycles. The van der Waals surface area contributed by atoms with Gasteiger partial charge in [0.25, 0.3) is 15.9 Å². The number of nitrogens with zero attached hydrogens (tertiary/aromatic N) is 3. The molecular weight excluding hydrogens is 450 g/mol. The first kappa shape index (κ1) is 21.0. The SMILES string of the molecule is O=C(OCc1nnc(-c2ccc(Cl)cc2)o1)C1CCN(S(=O)(=O)c2cccs2)CC1. The molecule has 0 spiro atoms. The van der Waals surface area contributed by atoms with Crippen molar-refractivity contribution in [1.29, 1.82) is 0 Å². The van der Waals surface area contributed by atoms with Crippen LogP contribution in [0.4, 0.5) is 0 Å². The van der Waals surface area contributed by atoms with Gasteiger partial charge in [0.15, 0.2) is 6.61 Å². The number of halogens is 1. The minimum Gasteiger partial charge on any atom is -0.455 e. The maximum absolute atomic E-state index is 12.6. The Morgan fingerprint density at radius 3 is 2.60 bits per heavy atom. The van der Waals surface area contributed by atoms with Gasteiger partial charge >= 0.3 is 5.97 Å². The molecule has 8 nitrogen and oxygen atoms in total. The van der Waals surface area contributed by atoms with Crippen LogP contribution in [0, 0.1) is 5.92 Å². The summed E-state index contributed by atoms with van der Waals surface area (Å²) >= 11 is 7.05. The zero-order valence-electron chi connectivity index (χ0n) is 15.7. The molecule has 0 unspecified atom stereocenters. The Bertz CT molecular complexity index is 1110. The molecule has 0 radical (unpaired) electrons. The molecule has 1 aliphatic heterocycles. The van der Waals surface area contributed by atoms with Crippen molar-refractivity contribution in [2.24, 2.45) is 5.92 Å². The minimum atomic E-state index is -3.49.